The van der Waals surface area contributed by atoms with Crippen LogP contribution in [0.15, 0.2) is 30.9 Å². The van der Waals surface area contributed by atoms with Crippen LogP contribution in [0, 0.1) is 0 Å². The van der Waals surface area contributed by atoms with Crippen molar-refractivity contribution in [3.63, 3.8) is 0 Å². The summed E-state index contributed by atoms with van der Waals surface area (Å²) >= 11 is 11.5. The van der Waals surface area contributed by atoms with Crippen molar-refractivity contribution in [2.75, 3.05) is 0 Å². The largest absolute Gasteiger partial charge is 0.478 e. The van der Waals surface area contributed by atoms with Gasteiger partial charge in [-0.25, -0.2) is 4.79 Å². The zero-order valence-electron chi connectivity index (χ0n) is 8.34. The smallest absolute Gasteiger partial charge is 0.327 e. The van der Waals surface area contributed by atoms with Crippen LogP contribution in [-0.4, -0.2) is 11.1 Å². The lowest BCUT2D eigenvalue weighted by molar-refractivity contribution is -0.131. The zero-order chi connectivity index (χ0) is 11.8. The summed E-state index contributed by atoms with van der Waals surface area (Å²) in [6.07, 6.45) is 1.79. The summed E-state index contributed by atoms with van der Waals surface area (Å²) in [5.41, 5.74) is 1.14. The van der Waals surface area contributed by atoms with Crippen LogP contribution in [0.25, 0.3) is 0 Å². The van der Waals surface area contributed by atoms with Crippen LogP contribution in [0.3, 0.4) is 0 Å². The lowest BCUT2D eigenvalue weighted by Crippen LogP contribution is -1.82. The number of benzene rings is 1. The highest BCUT2D eigenvalue weighted by Crippen LogP contribution is 2.20. The van der Waals surface area contributed by atoms with Gasteiger partial charge in [-0.1, -0.05) is 42.8 Å². The Morgan fingerprint density at radius 1 is 1.53 bits per heavy atom. The van der Waals surface area contributed by atoms with Crippen molar-refractivity contribution >= 4 is 29.2 Å². The molecule has 0 fully saturated rings. The average molecular weight is 247 g/mol. The van der Waals surface area contributed by atoms with Gasteiger partial charge in [0.1, 0.15) is 0 Å². The Balaban J connectivity index is 0.000000336. The highest BCUT2D eigenvalue weighted by molar-refractivity contribution is 6.35. The number of aliphatic carboxylic acids is 1. The SMILES string of the molecule is C=CC(=O)O.CCc1ccc(Cl)cc1Cl. The predicted molar refractivity (Wildman–Crippen MR) is 63.7 cm³/mol. The number of hydrogen-bond donors (Lipinski definition) is 1. The van der Waals surface area contributed by atoms with E-state index in [-0.39, 0.29) is 0 Å². The molecule has 1 aromatic carbocycles. The van der Waals surface area contributed by atoms with Crippen molar-refractivity contribution < 1.29 is 9.90 Å². The standard InChI is InChI=1S/C8H8Cl2.C3H4O2/c1-2-6-3-4-7(9)5-8(6)10;1-2-3(4)5/h3-5H,2H2,1H3;2H,1H2,(H,4,5). The van der Waals surface area contributed by atoms with Gasteiger partial charge in [0.25, 0.3) is 0 Å². The van der Waals surface area contributed by atoms with Crippen molar-refractivity contribution in [2.45, 2.75) is 13.3 Å². The molecule has 1 rings (SSSR count). The summed E-state index contributed by atoms with van der Waals surface area (Å²) in [6, 6.07) is 5.57. The molecule has 0 aliphatic rings. The third kappa shape index (κ3) is 6.15. The van der Waals surface area contributed by atoms with Gasteiger partial charge in [-0.2, -0.15) is 0 Å². The highest BCUT2D eigenvalue weighted by Gasteiger charge is 1.96. The van der Waals surface area contributed by atoms with E-state index < -0.39 is 5.97 Å². The molecule has 4 heteroatoms. The molecule has 0 spiro atoms. The Kier molecular flexibility index (Phi) is 6.84. The van der Waals surface area contributed by atoms with Crippen molar-refractivity contribution in [3.05, 3.63) is 46.5 Å². The molecule has 1 aromatic rings. The molecule has 0 aromatic heterocycles. The minimum atomic E-state index is -0.981. The first-order valence-electron chi connectivity index (χ1n) is 4.30. The van der Waals surface area contributed by atoms with Crippen molar-refractivity contribution in [3.8, 4) is 0 Å². The van der Waals surface area contributed by atoms with Crippen LogP contribution in [0.1, 0.15) is 12.5 Å². The van der Waals surface area contributed by atoms with E-state index in [2.05, 4.69) is 13.5 Å². The molecule has 0 bridgehead atoms. The molecule has 1 N–H and O–H groups in total. The van der Waals surface area contributed by atoms with Crippen LogP contribution in [0.5, 0.6) is 0 Å². The van der Waals surface area contributed by atoms with Gasteiger partial charge < -0.3 is 5.11 Å². The Morgan fingerprint density at radius 3 is 2.40 bits per heavy atom. The third-order valence-electron chi connectivity index (χ3n) is 1.57. The zero-order valence-corrected chi connectivity index (χ0v) is 9.85. The molecular formula is C11H12Cl2O2. The van der Waals surface area contributed by atoms with E-state index in [4.69, 9.17) is 28.3 Å². The number of halogens is 2. The molecule has 0 amide bonds. The first-order valence-corrected chi connectivity index (χ1v) is 5.06. The first-order chi connectivity index (χ1) is 7.01. The van der Waals surface area contributed by atoms with E-state index in [1.807, 2.05) is 12.1 Å². The number of hydrogen-bond acceptors (Lipinski definition) is 1. The number of rotatable bonds is 2. The normalized spacial score (nSPS) is 8.73. The minimum Gasteiger partial charge on any atom is -0.478 e. The fraction of sp³-hybridized carbons (Fsp3) is 0.182. The Morgan fingerprint density at radius 2 is 2.07 bits per heavy atom. The molecule has 0 saturated heterocycles. The molecule has 0 radical (unpaired) electrons. The lowest BCUT2D eigenvalue weighted by Gasteiger charge is -1.98. The van der Waals surface area contributed by atoms with Crippen LogP contribution >= 0.6 is 23.2 Å². The summed E-state index contributed by atoms with van der Waals surface area (Å²) in [6.45, 7) is 5.03. The van der Waals surface area contributed by atoms with E-state index in [0.29, 0.717) is 5.02 Å². The van der Waals surface area contributed by atoms with Crippen molar-refractivity contribution in [1.29, 1.82) is 0 Å². The predicted octanol–water partition coefficient (Wildman–Crippen LogP) is 3.81. The van der Waals surface area contributed by atoms with Gasteiger partial charge in [-0.15, -0.1) is 0 Å². The van der Waals surface area contributed by atoms with Gasteiger partial charge in [0.2, 0.25) is 0 Å². The molecule has 2 nitrogen and oxygen atoms in total. The Bertz CT molecular complexity index is 348. The maximum atomic E-state index is 9.25. The van der Waals surface area contributed by atoms with E-state index in [9.17, 15) is 4.79 Å². The molecule has 82 valence electrons. The number of carboxylic acids is 1. The van der Waals surface area contributed by atoms with Crippen LogP contribution in [0.4, 0.5) is 0 Å². The number of carboxylic acid groups (broad SMARTS) is 1. The molecule has 0 atom stereocenters. The first kappa shape index (κ1) is 14.0. The van der Waals surface area contributed by atoms with Gasteiger partial charge >= 0.3 is 5.97 Å². The third-order valence-corrected chi connectivity index (χ3v) is 2.16. The summed E-state index contributed by atoms with van der Waals surface area (Å²) in [5, 5.41) is 9.06. The monoisotopic (exact) mass is 246 g/mol. The van der Waals surface area contributed by atoms with Crippen LogP contribution < -0.4 is 0 Å². The molecule has 0 heterocycles. The fourth-order valence-corrected chi connectivity index (χ4v) is 1.35. The second kappa shape index (κ2) is 7.32. The van der Waals surface area contributed by atoms with Gasteiger partial charge in [0, 0.05) is 16.1 Å². The second-order valence-corrected chi connectivity index (χ2v) is 3.48. The van der Waals surface area contributed by atoms with Crippen LogP contribution in [-0.2, 0) is 11.2 Å². The summed E-state index contributed by atoms with van der Waals surface area (Å²) in [7, 11) is 0. The van der Waals surface area contributed by atoms with E-state index in [1.54, 1.807) is 6.07 Å². The van der Waals surface area contributed by atoms with Gasteiger partial charge in [-0.05, 0) is 24.1 Å². The van der Waals surface area contributed by atoms with E-state index in [1.165, 1.54) is 0 Å². The molecule has 0 aliphatic carbocycles. The summed E-state index contributed by atoms with van der Waals surface area (Å²) < 4.78 is 0. The lowest BCUT2D eigenvalue weighted by atomic mass is 10.2. The molecule has 0 aliphatic heterocycles. The van der Waals surface area contributed by atoms with E-state index >= 15 is 0 Å². The van der Waals surface area contributed by atoms with Crippen LogP contribution in [0.2, 0.25) is 10.0 Å². The van der Waals surface area contributed by atoms with Crippen molar-refractivity contribution in [2.24, 2.45) is 0 Å². The van der Waals surface area contributed by atoms with Gasteiger partial charge in [0.05, 0.1) is 0 Å². The summed E-state index contributed by atoms with van der Waals surface area (Å²) in [5.74, 6) is -0.981. The summed E-state index contributed by atoms with van der Waals surface area (Å²) in [4.78, 5) is 9.25. The Labute approximate surface area is 99.1 Å². The average Bonchev–Trinajstić information content (AvgIpc) is 2.19. The molecule has 15 heavy (non-hydrogen) atoms. The van der Waals surface area contributed by atoms with Gasteiger partial charge in [0.15, 0.2) is 0 Å². The van der Waals surface area contributed by atoms with E-state index in [0.717, 1.165) is 23.1 Å². The van der Waals surface area contributed by atoms with Crippen molar-refractivity contribution in [1.82, 2.24) is 0 Å². The van der Waals surface area contributed by atoms with Gasteiger partial charge in [-0.3, -0.25) is 0 Å². The quantitative estimate of drug-likeness (QED) is 0.806. The number of aryl methyl sites for hydroxylation is 1. The maximum absolute atomic E-state index is 9.25. The molecule has 0 saturated carbocycles. The maximum Gasteiger partial charge on any atom is 0.327 e. The Hall–Kier alpha value is -0.990. The number of carbonyl (C=O) groups is 1. The topological polar surface area (TPSA) is 37.3 Å². The fourth-order valence-electron chi connectivity index (χ4n) is 0.808. The minimum absolute atomic E-state index is 0.696. The molecular weight excluding hydrogens is 235 g/mol. The molecule has 0 unspecified atom stereocenters. The highest BCUT2D eigenvalue weighted by atomic mass is 35.5. The second-order valence-electron chi connectivity index (χ2n) is 2.63.